The van der Waals surface area contributed by atoms with Crippen LogP contribution in [0.3, 0.4) is 0 Å². The number of Topliss-reactive ketones (excluding diaryl/α,β-unsaturated/α-hetero) is 1. The van der Waals surface area contributed by atoms with E-state index in [1.165, 1.54) is 0 Å². The van der Waals surface area contributed by atoms with Gasteiger partial charge in [-0.3, -0.25) is 4.79 Å². The molecule has 2 rings (SSSR count). The summed E-state index contributed by atoms with van der Waals surface area (Å²) in [5.41, 5.74) is -0.545. The number of carbonyl (C=O) groups excluding carboxylic acids is 2. The van der Waals surface area contributed by atoms with Crippen molar-refractivity contribution in [2.45, 2.75) is 39.2 Å². The average Bonchev–Trinajstić information content (AvgIpc) is 2.28. The van der Waals surface area contributed by atoms with Crippen molar-refractivity contribution in [3.8, 4) is 0 Å². The lowest BCUT2D eigenvalue weighted by atomic mass is 9.60. The van der Waals surface area contributed by atoms with Gasteiger partial charge in [0.1, 0.15) is 12.1 Å². The van der Waals surface area contributed by atoms with Crippen molar-refractivity contribution >= 4 is 12.1 Å². The van der Waals surface area contributed by atoms with E-state index in [9.17, 15) is 9.59 Å². The molecule has 0 aromatic carbocycles. The fraction of sp³-hybridized carbons (Fsp3) is 0.833. The van der Waals surface area contributed by atoms with Crippen LogP contribution in [0.5, 0.6) is 0 Å². The third-order valence-corrected chi connectivity index (χ3v) is 4.22. The molecule has 1 aliphatic carbocycles. The van der Waals surface area contributed by atoms with Crippen LogP contribution in [-0.2, 0) is 14.3 Å². The van der Waals surface area contributed by atoms with Gasteiger partial charge in [0.05, 0.1) is 18.1 Å². The zero-order valence-electron chi connectivity index (χ0n) is 9.58. The molecule has 1 saturated carbocycles. The van der Waals surface area contributed by atoms with Gasteiger partial charge >= 0.3 is 0 Å². The van der Waals surface area contributed by atoms with Crippen LogP contribution in [0.1, 0.15) is 33.6 Å². The third-order valence-electron chi connectivity index (χ3n) is 4.22. The average molecular weight is 210 g/mol. The first-order valence-electron chi connectivity index (χ1n) is 5.51. The van der Waals surface area contributed by atoms with Crippen LogP contribution < -0.4 is 0 Å². The van der Waals surface area contributed by atoms with E-state index in [4.69, 9.17) is 4.74 Å². The SMILES string of the molecule is CC(=O)[C@H]1C[C@]2(C)CO[C@](C)(C1)[C@@H]2C=O. The molecule has 1 heterocycles. The summed E-state index contributed by atoms with van der Waals surface area (Å²) in [4.78, 5) is 22.6. The Hall–Kier alpha value is -0.700. The second-order valence-corrected chi connectivity index (χ2v) is 5.58. The Morgan fingerprint density at radius 1 is 1.40 bits per heavy atom. The number of fused-ring (bicyclic) bond motifs is 2. The molecule has 1 aliphatic heterocycles. The maximum atomic E-state index is 11.5. The Morgan fingerprint density at radius 2 is 2.07 bits per heavy atom. The first-order valence-corrected chi connectivity index (χ1v) is 5.51. The molecule has 3 heteroatoms. The Kier molecular flexibility index (Phi) is 2.26. The molecule has 0 N–H and O–H groups in total. The second-order valence-electron chi connectivity index (χ2n) is 5.58. The number of ketones is 1. The van der Waals surface area contributed by atoms with Crippen LogP contribution in [0.25, 0.3) is 0 Å². The lowest BCUT2D eigenvalue weighted by Crippen LogP contribution is -2.47. The lowest BCUT2D eigenvalue weighted by molar-refractivity contribution is -0.132. The van der Waals surface area contributed by atoms with Gasteiger partial charge in [-0.25, -0.2) is 0 Å². The van der Waals surface area contributed by atoms with Crippen LogP contribution in [-0.4, -0.2) is 24.3 Å². The summed E-state index contributed by atoms with van der Waals surface area (Å²) in [5, 5.41) is 0. The minimum Gasteiger partial charge on any atom is -0.374 e. The largest absolute Gasteiger partial charge is 0.374 e. The highest BCUT2D eigenvalue weighted by Gasteiger charge is 2.59. The van der Waals surface area contributed by atoms with Crippen molar-refractivity contribution in [1.82, 2.24) is 0 Å². The number of hydrogen-bond acceptors (Lipinski definition) is 3. The molecular formula is C12H18O3. The number of carbonyl (C=O) groups is 2. The molecule has 0 aromatic rings. The number of ether oxygens (including phenoxy) is 1. The first kappa shape index (κ1) is 10.8. The van der Waals surface area contributed by atoms with Crippen molar-refractivity contribution in [2.75, 3.05) is 6.61 Å². The molecule has 4 atom stereocenters. The van der Waals surface area contributed by atoms with Gasteiger partial charge in [-0.2, -0.15) is 0 Å². The monoisotopic (exact) mass is 210 g/mol. The maximum Gasteiger partial charge on any atom is 0.133 e. The molecule has 2 bridgehead atoms. The quantitative estimate of drug-likeness (QED) is 0.650. The van der Waals surface area contributed by atoms with Crippen LogP contribution in [0.15, 0.2) is 0 Å². The van der Waals surface area contributed by atoms with E-state index in [2.05, 4.69) is 6.92 Å². The molecule has 0 spiro atoms. The Bertz CT molecular complexity index is 292. The Balaban J connectivity index is 2.32. The summed E-state index contributed by atoms with van der Waals surface area (Å²) in [7, 11) is 0. The van der Waals surface area contributed by atoms with Crippen LogP contribution >= 0.6 is 0 Å². The molecule has 3 nitrogen and oxygen atoms in total. The van der Waals surface area contributed by atoms with Gasteiger partial charge in [-0.05, 0) is 26.7 Å². The molecule has 0 radical (unpaired) electrons. The van der Waals surface area contributed by atoms with Gasteiger partial charge in [0.2, 0.25) is 0 Å². The Labute approximate surface area is 90.2 Å². The van der Waals surface area contributed by atoms with Gasteiger partial charge in [-0.1, -0.05) is 6.92 Å². The Morgan fingerprint density at radius 3 is 2.53 bits per heavy atom. The zero-order chi connectivity index (χ0) is 11.3. The minimum absolute atomic E-state index is 0.0550. The van der Waals surface area contributed by atoms with Crippen molar-refractivity contribution in [3.05, 3.63) is 0 Å². The topological polar surface area (TPSA) is 43.4 Å². The summed E-state index contributed by atoms with van der Waals surface area (Å²) in [6, 6.07) is 0. The molecule has 84 valence electrons. The van der Waals surface area contributed by atoms with Gasteiger partial charge in [0, 0.05) is 11.3 Å². The van der Waals surface area contributed by atoms with E-state index in [-0.39, 0.29) is 23.0 Å². The van der Waals surface area contributed by atoms with Gasteiger partial charge < -0.3 is 9.53 Å². The highest BCUT2D eigenvalue weighted by molar-refractivity contribution is 5.79. The predicted molar refractivity (Wildman–Crippen MR) is 55.4 cm³/mol. The lowest BCUT2D eigenvalue weighted by Gasteiger charge is -2.42. The number of hydrogen-bond donors (Lipinski definition) is 0. The van der Waals surface area contributed by atoms with E-state index >= 15 is 0 Å². The summed E-state index contributed by atoms with van der Waals surface area (Å²) >= 11 is 0. The van der Waals surface area contributed by atoms with Gasteiger partial charge in [0.25, 0.3) is 0 Å². The minimum atomic E-state index is -0.412. The summed E-state index contributed by atoms with van der Waals surface area (Å²) in [5.74, 6) is 0.238. The van der Waals surface area contributed by atoms with Crippen molar-refractivity contribution in [2.24, 2.45) is 17.3 Å². The van der Waals surface area contributed by atoms with Crippen LogP contribution in [0, 0.1) is 17.3 Å². The normalized spacial score (nSPS) is 49.0. The van der Waals surface area contributed by atoms with E-state index in [0.717, 1.165) is 12.7 Å². The van der Waals surface area contributed by atoms with E-state index in [1.807, 2.05) is 6.92 Å². The molecule has 0 aromatic heterocycles. The second kappa shape index (κ2) is 3.14. The van der Waals surface area contributed by atoms with E-state index in [1.54, 1.807) is 6.92 Å². The number of rotatable bonds is 2. The van der Waals surface area contributed by atoms with E-state index < -0.39 is 5.60 Å². The first-order chi connectivity index (χ1) is 6.91. The van der Waals surface area contributed by atoms with Gasteiger partial charge in [-0.15, -0.1) is 0 Å². The molecule has 0 unspecified atom stereocenters. The molecule has 0 amide bonds. The van der Waals surface area contributed by atoms with Crippen LogP contribution in [0.2, 0.25) is 0 Å². The third kappa shape index (κ3) is 1.44. The molecule has 2 aliphatic rings. The molecule has 1 saturated heterocycles. The predicted octanol–water partition coefficient (Wildman–Crippen LogP) is 1.60. The zero-order valence-corrected chi connectivity index (χ0v) is 9.58. The fourth-order valence-electron chi connectivity index (χ4n) is 3.34. The fourth-order valence-corrected chi connectivity index (χ4v) is 3.34. The van der Waals surface area contributed by atoms with Crippen molar-refractivity contribution in [3.63, 3.8) is 0 Å². The molecule has 2 fully saturated rings. The summed E-state index contributed by atoms with van der Waals surface area (Å²) < 4.78 is 5.77. The standard InChI is InChI=1S/C12H18O3/c1-8(14)9-4-11(2)7-15-12(3,5-9)10(11)6-13/h6,9-10H,4-5,7H2,1-3H3/t9-,10+,11+,12+/m0/s1. The number of aldehydes is 1. The van der Waals surface area contributed by atoms with Crippen LogP contribution in [0.4, 0.5) is 0 Å². The van der Waals surface area contributed by atoms with E-state index in [0.29, 0.717) is 13.0 Å². The smallest absolute Gasteiger partial charge is 0.133 e. The maximum absolute atomic E-state index is 11.5. The molecule has 15 heavy (non-hydrogen) atoms. The van der Waals surface area contributed by atoms with Crippen molar-refractivity contribution in [1.29, 1.82) is 0 Å². The highest BCUT2D eigenvalue weighted by Crippen LogP contribution is 2.55. The highest BCUT2D eigenvalue weighted by atomic mass is 16.5. The summed E-state index contributed by atoms with van der Waals surface area (Å²) in [6.07, 6.45) is 2.51. The molecular weight excluding hydrogens is 192 g/mol. The van der Waals surface area contributed by atoms with Crippen molar-refractivity contribution < 1.29 is 14.3 Å². The van der Waals surface area contributed by atoms with Gasteiger partial charge in [0.15, 0.2) is 0 Å². The summed E-state index contributed by atoms with van der Waals surface area (Å²) in [6.45, 7) is 6.27.